The lowest BCUT2D eigenvalue weighted by Gasteiger charge is -2.29. The van der Waals surface area contributed by atoms with Crippen molar-refractivity contribution in [1.82, 2.24) is 4.90 Å². The number of Topliss-reactive ketones (excluding diaryl/α,β-unsaturated/α-hetero) is 1. The van der Waals surface area contributed by atoms with Gasteiger partial charge in [0.2, 0.25) is 0 Å². The highest BCUT2D eigenvalue weighted by molar-refractivity contribution is 9.10. The second kappa shape index (κ2) is 5.56. The topological polar surface area (TPSA) is 76.8 Å². The summed E-state index contributed by atoms with van der Waals surface area (Å²) < 4.78 is 10.2. The van der Waals surface area contributed by atoms with E-state index in [2.05, 4.69) is 20.7 Å². The number of amides is 1. The molecule has 19 heavy (non-hydrogen) atoms. The maximum Gasteiger partial charge on any atom is 0.318 e. The lowest BCUT2D eigenvalue weighted by Crippen LogP contribution is -2.47. The molecule has 102 valence electrons. The van der Waals surface area contributed by atoms with Crippen molar-refractivity contribution in [1.29, 1.82) is 0 Å². The fraction of sp³-hybridized carbons (Fsp3) is 0.417. The third-order valence-electron chi connectivity index (χ3n) is 2.98. The molecule has 0 bridgehead atoms. The largest absolute Gasteiger partial charge is 0.468 e. The molecule has 0 aliphatic carbocycles. The van der Waals surface area contributed by atoms with Gasteiger partial charge in [0.25, 0.3) is 5.91 Å². The van der Waals surface area contributed by atoms with Crippen LogP contribution in [0.3, 0.4) is 0 Å². The second-order valence-corrected chi connectivity index (χ2v) is 4.93. The number of halogens is 1. The smallest absolute Gasteiger partial charge is 0.318 e. The minimum absolute atomic E-state index is 0.0304. The van der Waals surface area contributed by atoms with Gasteiger partial charge in [-0.3, -0.25) is 14.4 Å². The summed E-state index contributed by atoms with van der Waals surface area (Å²) in [4.78, 5) is 36.7. The van der Waals surface area contributed by atoms with Crippen LogP contribution in [0.4, 0.5) is 0 Å². The molecule has 1 fully saturated rings. The van der Waals surface area contributed by atoms with Crippen LogP contribution >= 0.6 is 15.9 Å². The van der Waals surface area contributed by atoms with Gasteiger partial charge < -0.3 is 14.1 Å². The van der Waals surface area contributed by atoms with Crippen LogP contribution in [-0.4, -0.2) is 42.8 Å². The molecule has 0 spiro atoms. The zero-order valence-electron chi connectivity index (χ0n) is 10.2. The standard InChI is InChI=1S/C12H12BrNO5/c1-18-12(17)7-6-14(5-4-8(7)15)11(16)9-2-3-10(13)19-9/h2-3,7H,4-6H2,1H3. The van der Waals surface area contributed by atoms with Gasteiger partial charge in [-0.25, -0.2) is 0 Å². The highest BCUT2D eigenvalue weighted by Gasteiger charge is 2.36. The van der Waals surface area contributed by atoms with E-state index in [1.54, 1.807) is 6.07 Å². The van der Waals surface area contributed by atoms with Gasteiger partial charge in [0.15, 0.2) is 16.2 Å². The summed E-state index contributed by atoms with van der Waals surface area (Å²) >= 11 is 3.11. The number of nitrogens with zero attached hydrogens (tertiary/aromatic N) is 1. The number of ether oxygens (including phenoxy) is 1. The Hall–Kier alpha value is -1.63. The lowest BCUT2D eigenvalue weighted by atomic mass is 9.96. The third kappa shape index (κ3) is 2.86. The number of furan rings is 1. The number of hydrogen-bond donors (Lipinski definition) is 0. The van der Waals surface area contributed by atoms with E-state index in [1.807, 2.05) is 0 Å². The first-order chi connectivity index (χ1) is 9.02. The van der Waals surface area contributed by atoms with Crippen LogP contribution in [0.15, 0.2) is 21.2 Å². The average molecular weight is 330 g/mol. The molecular weight excluding hydrogens is 318 g/mol. The van der Waals surface area contributed by atoms with Crippen LogP contribution < -0.4 is 0 Å². The summed E-state index contributed by atoms with van der Waals surface area (Å²) in [6.07, 6.45) is 0.146. The van der Waals surface area contributed by atoms with Crippen LogP contribution in [0.2, 0.25) is 0 Å². The molecule has 0 saturated carbocycles. The zero-order chi connectivity index (χ0) is 14.0. The minimum Gasteiger partial charge on any atom is -0.468 e. The van der Waals surface area contributed by atoms with E-state index in [4.69, 9.17) is 4.42 Å². The zero-order valence-corrected chi connectivity index (χ0v) is 11.8. The second-order valence-electron chi connectivity index (χ2n) is 4.15. The molecule has 1 aromatic heterocycles. The molecule has 0 aromatic carbocycles. The highest BCUT2D eigenvalue weighted by Crippen LogP contribution is 2.20. The van der Waals surface area contributed by atoms with Gasteiger partial charge in [-0.1, -0.05) is 0 Å². The van der Waals surface area contributed by atoms with Crippen LogP contribution in [0.25, 0.3) is 0 Å². The number of likely N-dealkylation sites (tertiary alicyclic amines) is 1. The number of carbonyl (C=O) groups is 3. The molecule has 1 aliphatic rings. The molecule has 2 heterocycles. The molecule has 0 N–H and O–H groups in total. The van der Waals surface area contributed by atoms with E-state index in [-0.39, 0.29) is 37.0 Å². The molecule has 0 radical (unpaired) electrons. The fourth-order valence-corrected chi connectivity index (χ4v) is 2.26. The SMILES string of the molecule is COC(=O)C1CN(C(=O)c2ccc(Br)o2)CCC1=O. The van der Waals surface area contributed by atoms with Gasteiger partial charge in [-0.15, -0.1) is 0 Å². The molecule has 1 aromatic rings. The summed E-state index contributed by atoms with van der Waals surface area (Å²) in [5, 5.41) is 0. The van der Waals surface area contributed by atoms with Crippen LogP contribution in [0, 0.1) is 5.92 Å². The Morgan fingerprint density at radius 3 is 2.79 bits per heavy atom. The predicted molar refractivity (Wildman–Crippen MR) is 67.4 cm³/mol. The summed E-state index contributed by atoms with van der Waals surface area (Å²) in [7, 11) is 1.22. The first-order valence-electron chi connectivity index (χ1n) is 5.68. The summed E-state index contributed by atoms with van der Waals surface area (Å²) in [6, 6.07) is 3.15. The number of carbonyl (C=O) groups excluding carboxylic acids is 3. The van der Waals surface area contributed by atoms with Gasteiger partial charge >= 0.3 is 5.97 Å². The average Bonchev–Trinajstić information content (AvgIpc) is 2.84. The number of piperidine rings is 1. The number of ketones is 1. The van der Waals surface area contributed by atoms with Crippen molar-refractivity contribution in [2.24, 2.45) is 5.92 Å². The summed E-state index contributed by atoms with van der Waals surface area (Å²) in [5.41, 5.74) is 0. The van der Waals surface area contributed by atoms with Crippen LogP contribution in [0.1, 0.15) is 17.0 Å². The Labute approximate surface area is 117 Å². The van der Waals surface area contributed by atoms with E-state index < -0.39 is 11.9 Å². The number of rotatable bonds is 2. The Bertz CT molecular complexity index is 516. The first kappa shape index (κ1) is 13.8. The van der Waals surface area contributed by atoms with Crippen LogP contribution in [-0.2, 0) is 14.3 Å². The van der Waals surface area contributed by atoms with Gasteiger partial charge in [0, 0.05) is 19.5 Å². The Balaban J connectivity index is 2.11. The number of hydrogen-bond acceptors (Lipinski definition) is 5. The minimum atomic E-state index is -0.902. The van der Waals surface area contributed by atoms with Crippen molar-refractivity contribution in [2.45, 2.75) is 6.42 Å². The Morgan fingerprint density at radius 2 is 2.21 bits per heavy atom. The van der Waals surface area contributed by atoms with E-state index in [9.17, 15) is 14.4 Å². The molecule has 1 saturated heterocycles. The summed E-state index contributed by atoms with van der Waals surface area (Å²) in [5.74, 6) is -1.88. The molecule has 6 nitrogen and oxygen atoms in total. The van der Waals surface area contributed by atoms with Crippen molar-refractivity contribution in [3.8, 4) is 0 Å². The molecule has 1 atom stereocenters. The maximum absolute atomic E-state index is 12.1. The monoisotopic (exact) mass is 329 g/mol. The van der Waals surface area contributed by atoms with Crippen molar-refractivity contribution < 1.29 is 23.5 Å². The molecule has 2 rings (SSSR count). The predicted octanol–water partition coefficient (Wildman–Crippen LogP) is 1.25. The van der Waals surface area contributed by atoms with Crippen LogP contribution in [0.5, 0.6) is 0 Å². The van der Waals surface area contributed by atoms with Crippen molar-refractivity contribution in [2.75, 3.05) is 20.2 Å². The van der Waals surface area contributed by atoms with E-state index >= 15 is 0 Å². The van der Waals surface area contributed by atoms with Gasteiger partial charge in [-0.05, 0) is 28.1 Å². The van der Waals surface area contributed by atoms with Crippen molar-refractivity contribution >= 4 is 33.6 Å². The van der Waals surface area contributed by atoms with E-state index in [0.717, 1.165) is 0 Å². The van der Waals surface area contributed by atoms with Gasteiger partial charge in [0.1, 0.15) is 5.92 Å². The summed E-state index contributed by atoms with van der Waals surface area (Å²) in [6.45, 7) is 0.312. The van der Waals surface area contributed by atoms with E-state index in [0.29, 0.717) is 4.67 Å². The molecular formula is C12H12BrNO5. The third-order valence-corrected chi connectivity index (χ3v) is 3.40. The normalized spacial score (nSPS) is 19.4. The first-order valence-corrected chi connectivity index (χ1v) is 6.47. The van der Waals surface area contributed by atoms with E-state index in [1.165, 1.54) is 18.1 Å². The van der Waals surface area contributed by atoms with Crippen molar-refractivity contribution in [3.63, 3.8) is 0 Å². The molecule has 7 heteroatoms. The van der Waals surface area contributed by atoms with Gasteiger partial charge in [-0.2, -0.15) is 0 Å². The lowest BCUT2D eigenvalue weighted by molar-refractivity contribution is -0.151. The number of esters is 1. The quantitative estimate of drug-likeness (QED) is 0.602. The fourth-order valence-electron chi connectivity index (χ4n) is 1.95. The maximum atomic E-state index is 12.1. The van der Waals surface area contributed by atoms with Crippen molar-refractivity contribution in [3.05, 3.63) is 22.6 Å². The Morgan fingerprint density at radius 1 is 1.47 bits per heavy atom. The molecule has 1 aliphatic heterocycles. The molecule has 1 unspecified atom stereocenters. The Kier molecular flexibility index (Phi) is 4.04. The van der Waals surface area contributed by atoms with Gasteiger partial charge in [0.05, 0.1) is 7.11 Å². The molecule has 1 amide bonds. The number of methoxy groups -OCH3 is 1. The highest BCUT2D eigenvalue weighted by atomic mass is 79.9.